The smallest absolute Gasteiger partial charge is 0.221 e. The predicted octanol–water partition coefficient (Wildman–Crippen LogP) is 0.986. The molecule has 0 aliphatic carbocycles. The van der Waals surface area contributed by atoms with Gasteiger partial charge in [-0.05, 0) is 12.3 Å². The van der Waals surface area contributed by atoms with E-state index in [1.54, 1.807) is 0 Å². The largest absolute Gasteiger partial charge is 0.356 e. The topological polar surface area (TPSA) is 66.5 Å². The first-order valence-electron chi connectivity index (χ1n) is 6.10. The first-order chi connectivity index (χ1) is 8.27. The van der Waals surface area contributed by atoms with Gasteiger partial charge in [0.05, 0.1) is 6.26 Å². The molecule has 1 N–H and O–H groups in total. The molecule has 0 aromatic heterocycles. The van der Waals surface area contributed by atoms with E-state index in [0.717, 1.165) is 12.7 Å². The molecule has 0 radical (unpaired) electrons. The molecule has 106 valence electrons. The third-order valence-electron chi connectivity index (χ3n) is 2.43. The maximum Gasteiger partial charge on any atom is 0.221 e. The number of hydrogen-bond acceptors (Lipinski definition) is 3. The van der Waals surface area contributed by atoms with Gasteiger partial charge in [0, 0.05) is 26.1 Å². The SMILES string of the molecule is C=CCN(CCC(=O)NCCC(C)C)S(C)(=O)=O. The van der Waals surface area contributed by atoms with Gasteiger partial charge in [-0.25, -0.2) is 8.42 Å². The second-order valence-electron chi connectivity index (χ2n) is 4.69. The lowest BCUT2D eigenvalue weighted by molar-refractivity contribution is -0.121. The summed E-state index contributed by atoms with van der Waals surface area (Å²) in [5.41, 5.74) is 0. The zero-order valence-electron chi connectivity index (χ0n) is 11.5. The molecule has 0 heterocycles. The molecule has 0 rings (SSSR count). The van der Waals surface area contributed by atoms with Crippen molar-refractivity contribution in [3.8, 4) is 0 Å². The zero-order chi connectivity index (χ0) is 14.2. The van der Waals surface area contributed by atoms with Crippen molar-refractivity contribution in [2.24, 2.45) is 5.92 Å². The summed E-state index contributed by atoms with van der Waals surface area (Å²) in [5, 5.41) is 2.78. The third kappa shape index (κ3) is 8.25. The van der Waals surface area contributed by atoms with E-state index in [2.05, 4.69) is 25.7 Å². The van der Waals surface area contributed by atoms with Gasteiger partial charge < -0.3 is 5.32 Å². The highest BCUT2D eigenvalue weighted by molar-refractivity contribution is 7.88. The van der Waals surface area contributed by atoms with Gasteiger partial charge in [0.2, 0.25) is 15.9 Å². The van der Waals surface area contributed by atoms with Crippen molar-refractivity contribution in [2.75, 3.05) is 25.9 Å². The minimum atomic E-state index is -3.27. The van der Waals surface area contributed by atoms with E-state index in [-0.39, 0.29) is 25.4 Å². The Morgan fingerprint density at radius 1 is 1.44 bits per heavy atom. The van der Waals surface area contributed by atoms with E-state index < -0.39 is 10.0 Å². The molecule has 5 nitrogen and oxygen atoms in total. The van der Waals surface area contributed by atoms with Gasteiger partial charge in [-0.15, -0.1) is 6.58 Å². The van der Waals surface area contributed by atoms with Crippen molar-refractivity contribution in [3.05, 3.63) is 12.7 Å². The van der Waals surface area contributed by atoms with Crippen LogP contribution in [0.3, 0.4) is 0 Å². The fourth-order valence-corrected chi connectivity index (χ4v) is 2.15. The second kappa shape index (κ2) is 8.26. The summed E-state index contributed by atoms with van der Waals surface area (Å²) in [6.07, 6.45) is 3.75. The molecular formula is C12H24N2O3S. The molecule has 0 aliphatic rings. The van der Waals surface area contributed by atoms with Crippen molar-refractivity contribution in [2.45, 2.75) is 26.7 Å². The quantitative estimate of drug-likeness (QED) is 0.639. The van der Waals surface area contributed by atoms with Crippen molar-refractivity contribution in [1.29, 1.82) is 0 Å². The molecule has 1 amide bonds. The van der Waals surface area contributed by atoms with Crippen LogP contribution >= 0.6 is 0 Å². The van der Waals surface area contributed by atoms with E-state index in [1.165, 1.54) is 10.4 Å². The monoisotopic (exact) mass is 276 g/mol. The average Bonchev–Trinajstić information content (AvgIpc) is 2.21. The van der Waals surface area contributed by atoms with Crippen LogP contribution < -0.4 is 5.32 Å². The number of hydrogen-bond donors (Lipinski definition) is 1. The summed E-state index contributed by atoms with van der Waals surface area (Å²) in [6.45, 7) is 8.74. The molecular weight excluding hydrogens is 252 g/mol. The molecule has 0 saturated heterocycles. The minimum absolute atomic E-state index is 0.117. The summed E-state index contributed by atoms with van der Waals surface area (Å²) in [5.74, 6) is 0.423. The maximum atomic E-state index is 11.5. The molecule has 0 atom stereocenters. The Morgan fingerprint density at radius 2 is 2.06 bits per heavy atom. The van der Waals surface area contributed by atoms with E-state index in [4.69, 9.17) is 0 Å². The van der Waals surface area contributed by atoms with Crippen LogP contribution in [0.5, 0.6) is 0 Å². The Labute approximate surface area is 110 Å². The summed E-state index contributed by atoms with van der Waals surface area (Å²) in [4.78, 5) is 11.5. The summed E-state index contributed by atoms with van der Waals surface area (Å²) < 4.78 is 24.0. The number of amides is 1. The third-order valence-corrected chi connectivity index (χ3v) is 3.70. The molecule has 0 aromatic carbocycles. The highest BCUT2D eigenvalue weighted by Gasteiger charge is 2.15. The van der Waals surface area contributed by atoms with Crippen molar-refractivity contribution in [3.63, 3.8) is 0 Å². The van der Waals surface area contributed by atoms with Gasteiger partial charge in [0.25, 0.3) is 0 Å². The van der Waals surface area contributed by atoms with Gasteiger partial charge >= 0.3 is 0 Å². The Bertz CT molecular complexity index is 364. The van der Waals surface area contributed by atoms with Crippen LogP contribution in [0.2, 0.25) is 0 Å². The fraction of sp³-hybridized carbons (Fsp3) is 0.750. The summed E-state index contributed by atoms with van der Waals surface area (Å²) >= 11 is 0. The lowest BCUT2D eigenvalue weighted by atomic mass is 10.1. The second-order valence-corrected chi connectivity index (χ2v) is 6.67. The van der Waals surface area contributed by atoms with Crippen LogP contribution in [-0.4, -0.2) is 44.5 Å². The van der Waals surface area contributed by atoms with Crippen LogP contribution in [0.15, 0.2) is 12.7 Å². The lowest BCUT2D eigenvalue weighted by Crippen LogP contribution is -2.35. The van der Waals surface area contributed by atoms with Gasteiger partial charge in [-0.2, -0.15) is 4.31 Å². The Kier molecular flexibility index (Phi) is 7.86. The first-order valence-corrected chi connectivity index (χ1v) is 7.95. The summed E-state index contributed by atoms with van der Waals surface area (Å²) in [7, 11) is -3.27. The van der Waals surface area contributed by atoms with Crippen LogP contribution in [0.4, 0.5) is 0 Å². The Morgan fingerprint density at radius 3 is 2.50 bits per heavy atom. The van der Waals surface area contributed by atoms with Crippen LogP contribution in [-0.2, 0) is 14.8 Å². The van der Waals surface area contributed by atoms with E-state index in [9.17, 15) is 13.2 Å². The number of sulfonamides is 1. The maximum absolute atomic E-state index is 11.5. The van der Waals surface area contributed by atoms with Crippen LogP contribution in [0.1, 0.15) is 26.7 Å². The van der Waals surface area contributed by atoms with E-state index in [0.29, 0.717) is 12.5 Å². The van der Waals surface area contributed by atoms with Crippen LogP contribution in [0, 0.1) is 5.92 Å². The zero-order valence-corrected chi connectivity index (χ0v) is 12.3. The minimum Gasteiger partial charge on any atom is -0.356 e. The van der Waals surface area contributed by atoms with Crippen molar-refractivity contribution < 1.29 is 13.2 Å². The lowest BCUT2D eigenvalue weighted by Gasteiger charge is -2.17. The molecule has 6 heteroatoms. The first kappa shape index (κ1) is 17.1. The fourth-order valence-electron chi connectivity index (χ4n) is 1.35. The highest BCUT2D eigenvalue weighted by Crippen LogP contribution is 2.00. The molecule has 0 aromatic rings. The molecule has 0 bridgehead atoms. The van der Waals surface area contributed by atoms with Gasteiger partial charge in [-0.3, -0.25) is 4.79 Å². The Hall–Kier alpha value is -0.880. The average molecular weight is 276 g/mol. The predicted molar refractivity (Wildman–Crippen MR) is 73.7 cm³/mol. The van der Waals surface area contributed by atoms with E-state index in [1.807, 2.05) is 0 Å². The number of nitrogens with one attached hydrogen (secondary N) is 1. The number of nitrogens with zero attached hydrogens (tertiary/aromatic N) is 1. The van der Waals surface area contributed by atoms with E-state index >= 15 is 0 Å². The van der Waals surface area contributed by atoms with Crippen molar-refractivity contribution >= 4 is 15.9 Å². The van der Waals surface area contributed by atoms with Gasteiger partial charge in [0.1, 0.15) is 0 Å². The normalized spacial score (nSPS) is 11.8. The van der Waals surface area contributed by atoms with Gasteiger partial charge in [0.15, 0.2) is 0 Å². The molecule has 0 unspecified atom stereocenters. The highest BCUT2D eigenvalue weighted by atomic mass is 32.2. The van der Waals surface area contributed by atoms with Gasteiger partial charge in [-0.1, -0.05) is 19.9 Å². The number of carbonyl (C=O) groups is 1. The summed E-state index contributed by atoms with van der Waals surface area (Å²) in [6, 6.07) is 0. The van der Waals surface area contributed by atoms with Crippen molar-refractivity contribution in [1.82, 2.24) is 9.62 Å². The molecule has 0 aliphatic heterocycles. The Balaban J connectivity index is 4.04. The molecule has 18 heavy (non-hydrogen) atoms. The molecule has 0 saturated carbocycles. The molecule has 0 spiro atoms. The standard InChI is InChI=1S/C12H24N2O3S/c1-5-9-14(18(4,16)17)10-7-12(15)13-8-6-11(2)3/h5,11H,1,6-10H2,2-4H3,(H,13,15). The number of carbonyl (C=O) groups excluding carboxylic acids is 1. The number of rotatable bonds is 9. The molecule has 0 fully saturated rings. The van der Waals surface area contributed by atoms with Crippen LogP contribution in [0.25, 0.3) is 0 Å².